The molecule has 0 saturated carbocycles. The molecule has 136 valence electrons. The SMILES string of the molecule is O=C(CC1COCCN1)N1CCCN(C(=O)c2ccc(F)cc2)CC1. The third kappa shape index (κ3) is 4.76. The quantitative estimate of drug-likeness (QED) is 0.880. The van der Waals surface area contributed by atoms with Gasteiger partial charge >= 0.3 is 0 Å². The molecule has 1 aromatic carbocycles. The molecule has 7 heteroatoms. The van der Waals surface area contributed by atoms with Gasteiger partial charge in [-0.05, 0) is 30.7 Å². The zero-order valence-corrected chi connectivity index (χ0v) is 14.2. The first-order chi connectivity index (χ1) is 12.1. The van der Waals surface area contributed by atoms with Crippen LogP contribution >= 0.6 is 0 Å². The lowest BCUT2D eigenvalue weighted by molar-refractivity contribution is -0.132. The van der Waals surface area contributed by atoms with Crippen molar-refractivity contribution in [3.63, 3.8) is 0 Å². The van der Waals surface area contributed by atoms with Crippen LogP contribution < -0.4 is 5.32 Å². The number of morpholine rings is 1. The average molecular weight is 349 g/mol. The molecule has 6 nitrogen and oxygen atoms in total. The molecule has 0 bridgehead atoms. The van der Waals surface area contributed by atoms with E-state index in [0.717, 1.165) is 13.0 Å². The first kappa shape index (κ1) is 17.8. The Balaban J connectivity index is 1.53. The molecule has 1 unspecified atom stereocenters. The normalized spacial score (nSPS) is 21.7. The monoisotopic (exact) mass is 349 g/mol. The number of rotatable bonds is 3. The molecule has 3 rings (SSSR count). The number of carbonyl (C=O) groups is 2. The Bertz CT molecular complexity index is 602. The Morgan fingerprint density at radius 3 is 2.56 bits per heavy atom. The Morgan fingerprint density at radius 1 is 1.12 bits per heavy atom. The van der Waals surface area contributed by atoms with Crippen molar-refractivity contribution in [1.29, 1.82) is 0 Å². The number of ether oxygens (including phenoxy) is 1. The van der Waals surface area contributed by atoms with E-state index in [0.29, 0.717) is 51.4 Å². The van der Waals surface area contributed by atoms with E-state index >= 15 is 0 Å². The van der Waals surface area contributed by atoms with E-state index in [2.05, 4.69) is 5.32 Å². The molecule has 1 N–H and O–H groups in total. The number of hydrogen-bond donors (Lipinski definition) is 1. The molecule has 1 atom stereocenters. The second-order valence-electron chi connectivity index (χ2n) is 6.46. The second kappa shape index (κ2) is 8.40. The molecule has 2 fully saturated rings. The molecular weight excluding hydrogens is 325 g/mol. The number of carbonyl (C=O) groups excluding carboxylic acids is 2. The first-order valence-corrected chi connectivity index (χ1v) is 8.77. The summed E-state index contributed by atoms with van der Waals surface area (Å²) in [7, 11) is 0. The molecule has 2 heterocycles. The van der Waals surface area contributed by atoms with Crippen molar-refractivity contribution in [2.24, 2.45) is 0 Å². The molecule has 2 aliphatic rings. The van der Waals surface area contributed by atoms with E-state index in [-0.39, 0.29) is 23.7 Å². The van der Waals surface area contributed by atoms with Crippen LogP contribution in [-0.4, -0.2) is 73.6 Å². The minimum absolute atomic E-state index is 0.0708. The molecule has 25 heavy (non-hydrogen) atoms. The largest absolute Gasteiger partial charge is 0.378 e. The topological polar surface area (TPSA) is 61.9 Å². The predicted molar refractivity (Wildman–Crippen MR) is 90.7 cm³/mol. The lowest BCUT2D eigenvalue weighted by Crippen LogP contribution is -2.45. The van der Waals surface area contributed by atoms with Gasteiger partial charge in [0.15, 0.2) is 0 Å². The van der Waals surface area contributed by atoms with E-state index in [1.165, 1.54) is 24.3 Å². The zero-order chi connectivity index (χ0) is 17.6. The minimum Gasteiger partial charge on any atom is -0.378 e. The van der Waals surface area contributed by atoms with Gasteiger partial charge in [-0.2, -0.15) is 0 Å². The van der Waals surface area contributed by atoms with E-state index in [4.69, 9.17) is 4.74 Å². The van der Waals surface area contributed by atoms with Crippen molar-refractivity contribution in [3.05, 3.63) is 35.6 Å². The van der Waals surface area contributed by atoms with Crippen molar-refractivity contribution >= 4 is 11.8 Å². The molecule has 0 aromatic heterocycles. The van der Waals surface area contributed by atoms with Gasteiger partial charge in [0.05, 0.1) is 13.2 Å². The van der Waals surface area contributed by atoms with Crippen LogP contribution in [0.1, 0.15) is 23.2 Å². The molecule has 2 saturated heterocycles. The lowest BCUT2D eigenvalue weighted by Gasteiger charge is -2.27. The third-order valence-electron chi connectivity index (χ3n) is 4.65. The number of nitrogens with zero attached hydrogens (tertiary/aromatic N) is 2. The molecule has 2 amide bonds. The van der Waals surface area contributed by atoms with E-state index < -0.39 is 0 Å². The van der Waals surface area contributed by atoms with Gasteiger partial charge in [-0.1, -0.05) is 0 Å². The Kier molecular flexibility index (Phi) is 5.99. The average Bonchev–Trinajstić information content (AvgIpc) is 2.89. The lowest BCUT2D eigenvalue weighted by atomic mass is 10.1. The molecule has 0 spiro atoms. The summed E-state index contributed by atoms with van der Waals surface area (Å²) >= 11 is 0. The second-order valence-corrected chi connectivity index (χ2v) is 6.46. The highest BCUT2D eigenvalue weighted by atomic mass is 19.1. The van der Waals surface area contributed by atoms with Gasteiger partial charge in [-0.15, -0.1) is 0 Å². The van der Waals surface area contributed by atoms with Crippen LogP contribution in [0.2, 0.25) is 0 Å². The number of hydrogen-bond acceptors (Lipinski definition) is 4. The maximum Gasteiger partial charge on any atom is 0.253 e. The number of halogens is 1. The highest BCUT2D eigenvalue weighted by Crippen LogP contribution is 2.12. The van der Waals surface area contributed by atoms with E-state index in [9.17, 15) is 14.0 Å². The Hall–Kier alpha value is -1.99. The summed E-state index contributed by atoms with van der Waals surface area (Å²) in [5, 5.41) is 3.29. The van der Waals surface area contributed by atoms with Crippen molar-refractivity contribution in [2.45, 2.75) is 18.9 Å². The minimum atomic E-state index is -0.357. The van der Waals surface area contributed by atoms with Gasteiger partial charge in [0.2, 0.25) is 5.91 Å². The summed E-state index contributed by atoms with van der Waals surface area (Å²) in [6, 6.07) is 5.65. The molecule has 1 aromatic rings. The predicted octanol–water partition coefficient (Wildman–Crippen LogP) is 0.879. The van der Waals surface area contributed by atoms with Crippen LogP contribution in [0.4, 0.5) is 4.39 Å². The Labute approximate surface area is 146 Å². The molecule has 0 radical (unpaired) electrons. The molecule has 2 aliphatic heterocycles. The van der Waals surface area contributed by atoms with Crippen LogP contribution in [0.15, 0.2) is 24.3 Å². The number of benzene rings is 1. The third-order valence-corrected chi connectivity index (χ3v) is 4.65. The van der Waals surface area contributed by atoms with Gasteiger partial charge in [-0.25, -0.2) is 4.39 Å². The van der Waals surface area contributed by atoms with Crippen molar-refractivity contribution in [2.75, 3.05) is 45.9 Å². The summed E-state index contributed by atoms with van der Waals surface area (Å²) in [5.74, 6) is -0.375. The standard InChI is InChI=1S/C18H24FN3O3/c19-15-4-2-14(3-5-15)18(24)22-8-1-7-21(9-10-22)17(23)12-16-13-25-11-6-20-16/h2-5,16,20H,1,6-13H2. The maximum atomic E-state index is 13.0. The number of nitrogens with one attached hydrogen (secondary N) is 1. The fraction of sp³-hybridized carbons (Fsp3) is 0.556. The van der Waals surface area contributed by atoms with Gasteiger partial charge in [-0.3, -0.25) is 9.59 Å². The fourth-order valence-corrected chi connectivity index (χ4v) is 3.24. The van der Waals surface area contributed by atoms with Crippen LogP contribution in [0.25, 0.3) is 0 Å². The van der Waals surface area contributed by atoms with Gasteiger partial charge in [0, 0.05) is 50.7 Å². The van der Waals surface area contributed by atoms with Crippen LogP contribution in [0, 0.1) is 5.82 Å². The van der Waals surface area contributed by atoms with Crippen molar-refractivity contribution < 1.29 is 18.7 Å². The van der Waals surface area contributed by atoms with Crippen LogP contribution in [0.5, 0.6) is 0 Å². The van der Waals surface area contributed by atoms with Gasteiger partial charge < -0.3 is 19.9 Å². The van der Waals surface area contributed by atoms with Crippen molar-refractivity contribution in [1.82, 2.24) is 15.1 Å². The van der Waals surface area contributed by atoms with E-state index in [1.807, 2.05) is 4.90 Å². The number of amides is 2. The summed E-state index contributed by atoms with van der Waals surface area (Å²) in [5.41, 5.74) is 0.477. The molecule has 0 aliphatic carbocycles. The highest BCUT2D eigenvalue weighted by Gasteiger charge is 2.25. The summed E-state index contributed by atoms with van der Waals surface area (Å²) < 4.78 is 18.4. The van der Waals surface area contributed by atoms with E-state index in [1.54, 1.807) is 4.90 Å². The Morgan fingerprint density at radius 2 is 1.84 bits per heavy atom. The summed E-state index contributed by atoms with van der Waals surface area (Å²) in [4.78, 5) is 28.6. The van der Waals surface area contributed by atoms with Gasteiger partial charge in [0.1, 0.15) is 5.82 Å². The fourth-order valence-electron chi connectivity index (χ4n) is 3.24. The summed E-state index contributed by atoms with van der Waals surface area (Å²) in [6.07, 6.45) is 1.17. The maximum absolute atomic E-state index is 13.0. The highest BCUT2D eigenvalue weighted by molar-refractivity contribution is 5.94. The first-order valence-electron chi connectivity index (χ1n) is 8.77. The van der Waals surface area contributed by atoms with Crippen LogP contribution in [-0.2, 0) is 9.53 Å². The van der Waals surface area contributed by atoms with Gasteiger partial charge in [0.25, 0.3) is 5.91 Å². The van der Waals surface area contributed by atoms with Crippen LogP contribution in [0.3, 0.4) is 0 Å². The van der Waals surface area contributed by atoms with Crippen molar-refractivity contribution in [3.8, 4) is 0 Å². The summed E-state index contributed by atoms with van der Waals surface area (Å²) in [6.45, 7) is 4.31. The zero-order valence-electron chi connectivity index (χ0n) is 14.2. The smallest absolute Gasteiger partial charge is 0.253 e. The molecular formula is C18H24FN3O3.